The lowest BCUT2D eigenvalue weighted by Gasteiger charge is -2.38. The number of piperidine rings is 1. The van der Waals surface area contributed by atoms with E-state index in [2.05, 4.69) is 0 Å². The van der Waals surface area contributed by atoms with Gasteiger partial charge in [0.1, 0.15) is 5.54 Å². The molecule has 1 amide bonds. The maximum absolute atomic E-state index is 11.4. The zero-order chi connectivity index (χ0) is 9.47. The van der Waals surface area contributed by atoms with Crippen molar-refractivity contribution < 1.29 is 14.7 Å². The van der Waals surface area contributed by atoms with Gasteiger partial charge in [-0.2, -0.15) is 0 Å². The van der Waals surface area contributed by atoms with Crippen molar-refractivity contribution in [3.8, 4) is 0 Å². The average Bonchev–Trinajstić information content (AvgIpc) is 2.50. The molecule has 1 atom stereocenters. The lowest BCUT2D eigenvalue weighted by molar-refractivity contribution is -0.160. The van der Waals surface area contributed by atoms with E-state index in [0.717, 1.165) is 12.8 Å². The number of fused-ring (bicyclic) bond motifs is 1. The predicted octanol–water partition coefficient (Wildman–Crippen LogP) is 0.616. The molecule has 4 heteroatoms. The Balaban J connectivity index is 2.32. The standard InChI is InChI=1S/C9H13NO3/c11-7-3-1-4-9(8(12)13)5-2-6-10(7)9/h1-6H2,(H,12,13)/t9-/m1/s1. The lowest BCUT2D eigenvalue weighted by Crippen LogP contribution is -2.55. The number of hydrogen-bond acceptors (Lipinski definition) is 2. The van der Waals surface area contributed by atoms with Gasteiger partial charge in [-0.3, -0.25) is 4.79 Å². The van der Waals surface area contributed by atoms with Gasteiger partial charge in [0.15, 0.2) is 0 Å². The van der Waals surface area contributed by atoms with E-state index >= 15 is 0 Å². The summed E-state index contributed by atoms with van der Waals surface area (Å²) in [5, 5.41) is 9.12. The molecule has 72 valence electrons. The van der Waals surface area contributed by atoms with E-state index in [1.54, 1.807) is 4.90 Å². The molecule has 2 fully saturated rings. The van der Waals surface area contributed by atoms with Crippen LogP contribution in [0.3, 0.4) is 0 Å². The van der Waals surface area contributed by atoms with Crippen LogP contribution in [0.25, 0.3) is 0 Å². The first-order valence-electron chi connectivity index (χ1n) is 4.71. The van der Waals surface area contributed by atoms with E-state index in [-0.39, 0.29) is 5.91 Å². The summed E-state index contributed by atoms with van der Waals surface area (Å²) in [6.07, 6.45) is 3.34. The van der Waals surface area contributed by atoms with Gasteiger partial charge in [-0.1, -0.05) is 0 Å². The first kappa shape index (κ1) is 8.53. The van der Waals surface area contributed by atoms with Crippen LogP contribution in [0.1, 0.15) is 32.1 Å². The van der Waals surface area contributed by atoms with Crippen molar-refractivity contribution in [3.05, 3.63) is 0 Å². The second-order valence-electron chi connectivity index (χ2n) is 3.84. The topological polar surface area (TPSA) is 57.6 Å². The molecule has 0 aliphatic carbocycles. The van der Waals surface area contributed by atoms with Gasteiger partial charge in [-0.25, -0.2) is 4.79 Å². The number of nitrogens with zero attached hydrogens (tertiary/aromatic N) is 1. The molecule has 2 saturated heterocycles. The lowest BCUT2D eigenvalue weighted by atomic mass is 9.86. The molecule has 0 bridgehead atoms. The molecule has 0 saturated carbocycles. The summed E-state index contributed by atoms with van der Waals surface area (Å²) in [7, 11) is 0. The first-order valence-corrected chi connectivity index (χ1v) is 4.71. The monoisotopic (exact) mass is 183 g/mol. The number of carboxylic acid groups (broad SMARTS) is 1. The predicted molar refractivity (Wildman–Crippen MR) is 45.2 cm³/mol. The van der Waals surface area contributed by atoms with Gasteiger partial charge in [0.05, 0.1) is 0 Å². The molecule has 0 aromatic rings. The third-order valence-corrected chi connectivity index (χ3v) is 3.17. The largest absolute Gasteiger partial charge is 0.479 e. The molecular weight excluding hydrogens is 170 g/mol. The van der Waals surface area contributed by atoms with Gasteiger partial charge in [0.2, 0.25) is 5.91 Å². The Morgan fingerprint density at radius 1 is 1.38 bits per heavy atom. The summed E-state index contributed by atoms with van der Waals surface area (Å²) >= 11 is 0. The number of aliphatic carboxylic acids is 1. The Morgan fingerprint density at radius 3 is 2.69 bits per heavy atom. The van der Waals surface area contributed by atoms with Gasteiger partial charge >= 0.3 is 5.97 Å². The minimum Gasteiger partial charge on any atom is -0.479 e. The highest BCUT2D eigenvalue weighted by molar-refractivity contribution is 5.89. The van der Waals surface area contributed by atoms with Gasteiger partial charge in [-0.15, -0.1) is 0 Å². The van der Waals surface area contributed by atoms with Crippen molar-refractivity contribution in [3.63, 3.8) is 0 Å². The third kappa shape index (κ3) is 1.04. The van der Waals surface area contributed by atoms with E-state index in [1.807, 2.05) is 0 Å². The Bertz CT molecular complexity index is 262. The molecule has 0 spiro atoms. The number of carbonyl (C=O) groups excluding carboxylic acids is 1. The highest BCUT2D eigenvalue weighted by Gasteiger charge is 2.51. The van der Waals surface area contributed by atoms with Crippen LogP contribution in [0.2, 0.25) is 0 Å². The van der Waals surface area contributed by atoms with Crippen molar-refractivity contribution >= 4 is 11.9 Å². The van der Waals surface area contributed by atoms with Crippen LogP contribution in [0.15, 0.2) is 0 Å². The SMILES string of the molecule is O=C1CCC[C@]2(C(=O)O)CCCN12. The normalized spacial score (nSPS) is 33.2. The van der Waals surface area contributed by atoms with E-state index in [1.165, 1.54) is 0 Å². The van der Waals surface area contributed by atoms with Crippen LogP contribution in [0, 0.1) is 0 Å². The van der Waals surface area contributed by atoms with Crippen LogP contribution in [-0.4, -0.2) is 34.0 Å². The van der Waals surface area contributed by atoms with Crippen molar-refractivity contribution in [1.82, 2.24) is 4.90 Å². The summed E-state index contributed by atoms with van der Waals surface area (Å²) in [5.41, 5.74) is -0.838. The fourth-order valence-corrected chi connectivity index (χ4v) is 2.50. The molecule has 0 aromatic carbocycles. The Morgan fingerprint density at radius 2 is 2.08 bits per heavy atom. The molecule has 2 aliphatic heterocycles. The van der Waals surface area contributed by atoms with Crippen molar-refractivity contribution in [2.45, 2.75) is 37.6 Å². The molecule has 1 N–H and O–H groups in total. The zero-order valence-electron chi connectivity index (χ0n) is 7.45. The minimum atomic E-state index is -0.838. The quantitative estimate of drug-likeness (QED) is 0.648. The van der Waals surface area contributed by atoms with Gasteiger partial charge < -0.3 is 10.0 Å². The van der Waals surface area contributed by atoms with E-state index < -0.39 is 11.5 Å². The van der Waals surface area contributed by atoms with Crippen LogP contribution in [0.4, 0.5) is 0 Å². The van der Waals surface area contributed by atoms with Crippen molar-refractivity contribution in [1.29, 1.82) is 0 Å². The third-order valence-electron chi connectivity index (χ3n) is 3.17. The molecular formula is C9H13NO3. The van der Waals surface area contributed by atoms with Crippen LogP contribution in [0.5, 0.6) is 0 Å². The number of hydrogen-bond donors (Lipinski definition) is 1. The maximum Gasteiger partial charge on any atom is 0.329 e. The smallest absolute Gasteiger partial charge is 0.329 e. The summed E-state index contributed by atoms with van der Waals surface area (Å²) in [6, 6.07) is 0. The summed E-state index contributed by atoms with van der Waals surface area (Å²) in [5.74, 6) is -0.802. The maximum atomic E-state index is 11.4. The highest BCUT2D eigenvalue weighted by atomic mass is 16.4. The van der Waals surface area contributed by atoms with E-state index in [9.17, 15) is 9.59 Å². The van der Waals surface area contributed by atoms with Gasteiger partial charge in [0.25, 0.3) is 0 Å². The molecule has 13 heavy (non-hydrogen) atoms. The van der Waals surface area contributed by atoms with Crippen LogP contribution < -0.4 is 0 Å². The molecule has 2 aliphatic rings. The fraction of sp³-hybridized carbons (Fsp3) is 0.778. The van der Waals surface area contributed by atoms with Crippen molar-refractivity contribution in [2.75, 3.05) is 6.54 Å². The molecule has 2 rings (SSSR count). The molecule has 4 nitrogen and oxygen atoms in total. The summed E-state index contributed by atoms with van der Waals surface area (Å²) in [6.45, 7) is 0.630. The number of carboxylic acids is 1. The Kier molecular flexibility index (Phi) is 1.78. The minimum absolute atomic E-state index is 0.0196. The summed E-state index contributed by atoms with van der Waals surface area (Å²) < 4.78 is 0. The molecule has 0 radical (unpaired) electrons. The number of carbonyl (C=O) groups is 2. The molecule has 0 unspecified atom stereocenters. The Hall–Kier alpha value is -1.06. The zero-order valence-corrected chi connectivity index (χ0v) is 7.45. The summed E-state index contributed by atoms with van der Waals surface area (Å²) in [4.78, 5) is 24.1. The molecule has 0 aromatic heterocycles. The van der Waals surface area contributed by atoms with Crippen LogP contribution >= 0.6 is 0 Å². The second kappa shape index (κ2) is 2.72. The highest BCUT2D eigenvalue weighted by Crippen LogP contribution is 2.38. The van der Waals surface area contributed by atoms with Gasteiger partial charge in [-0.05, 0) is 25.7 Å². The Labute approximate surface area is 76.5 Å². The average molecular weight is 183 g/mol. The fourth-order valence-electron chi connectivity index (χ4n) is 2.50. The van der Waals surface area contributed by atoms with Crippen LogP contribution in [-0.2, 0) is 9.59 Å². The number of rotatable bonds is 1. The van der Waals surface area contributed by atoms with Crippen molar-refractivity contribution in [2.24, 2.45) is 0 Å². The number of amides is 1. The van der Waals surface area contributed by atoms with Gasteiger partial charge in [0, 0.05) is 13.0 Å². The first-order chi connectivity index (χ1) is 6.17. The van der Waals surface area contributed by atoms with E-state index in [4.69, 9.17) is 5.11 Å². The van der Waals surface area contributed by atoms with E-state index in [0.29, 0.717) is 25.8 Å². The molecule has 2 heterocycles. The second-order valence-corrected chi connectivity index (χ2v) is 3.84.